The monoisotopic (exact) mass is 322 g/mol. The van der Waals surface area contributed by atoms with Gasteiger partial charge in [0.25, 0.3) is 0 Å². The first-order valence-corrected chi connectivity index (χ1v) is 7.47. The molecular weight excluding hydrogens is 306 g/mol. The molecule has 5 heteroatoms. The summed E-state index contributed by atoms with van der Waals surface area (Å²) in [7, 11) is 3.05. The average Bonchev–Trinajstić information content (AvgIpc) is 2.60. The minimum atomic E-state index is 0.0933. The summed E-state index contributed by atoms with van der Waals surface area (Å²) >= 11 is 0. The number of methoxy groups -OCH3 is 2. The molecule has 0 unspecified atom stereocenters. The Kier molecular flexibility index (Phi) is 3.09. The first kappa shape index (κ1) is 14.4. The highest BCUT2D eigenvalue weighted by atomic mass is 16.5. The quantitative estimate of drug-likeness (QED) is 0.338. The van der Waals surface area contributed by atoms with E-state index in [0.717, 1.165) is 21.7 Å². The Balaban J connectivity index is 2.11. The third-order valence-electron chi connectivity index (χ3n) is 4.31. The highest BCUT2D eigenvalue weighted by molar-refractivity contribution is 6.00. The first-order valence-electron chi connectivity index (χ1n) is 7.47. The summed E-state index contributed by atoms with van der Waals surface area (Å²) < 4.78 is 12.3. The minimum Gasteiger partial charge on any atom is -0.504 e. The molecule has 0 radical (unpaired) electrons. The van der Waals surface area contributed by atoms with Crippen LogP contribution in [0.25, 0.3) is 27.1 Å². The predicted molar refractivity (Wildman–Crippen MR) is 91.0 cm³/mol. The molecule has 0 saturated carbocycles. The Bertz CT molecular complexity index is 1100. The number of hydrogen-bond acceptors (Lipinski definition) is 4. The zero-order chi connectivity index (χ0) is 16.8. The van der Waals surface area contributed by atoms with E-state index in [0.29, 0.717) is 16.9 Å². The van der Waals surface area contributed by atoms with E-state index in [9.17, 15) is 10.2 Å². The van der Waals surface area contributed by atoms with Crippen LogP contribution in [0.15, 0.2) is 48.8 Å². The third kappa shape index (κ3) is 1.98. The van der Waals surface area contributed by atoms with Crippen LogP contribution in [0, 0.1) is 0 Å². The lowest BCUT2D eigenvalue weighted by atomic mass is 10.1. The summed E-state index contributed by atoms with van der Waals surface area (Å²) in [5.41, 5.74) is 0.919. The van der Waals surface area contributed by atoms with Gasteiger partial charge >= 0.3 is 0 Å². The molecule has 0 aliphatic rings. The van der Waals surface area contributed by atoms with Crippen molar-refractivity contribution in [3.63, 3.8) is 0 Å². The van der Waals surface area contributed by atoms with E-state index in [4.69, 9.17) is 9.47 Å². The number of pyridine rings is 2. The molecule has 5 nitrogen and oxygen atoms in total. The van der Waals surface area contributed by atoms with E-state index in [1.807, 2.05) is 35.0 Å². The second-order valence-electron chi connectivity index (χ2n) is 5.61. The second-order valence-corrected chi connectivity index (χ2v) is 5.61. The van der Waals surface area contributed by atoms with Crippen molar-refractivity contribution in [2.45, 2.75) is 0 Å². The van der Waals surface area contributed by atoms with Crippen molar-refractivity contribution in [2.24, 2.45) is 0 Å². The van der Waals surface area contributed by atoms with E-state index < -0.39 is 0 Å². The van der Waals surface area contributed by atoms with Crippen LogP contribution >= 0.6 is 0 Å². The van der Waals surface area contributed by atoms with E-state index in [2.05, 4.69) is 0 Å². The van der Waals surface area contributed by atoms with Gasteiger partial charge < -0.3 is 19.7 Å². The van der Waals surface area contributed by atoms with Gasteiger partial charge in [0, 0.05) is 12.1 Å². The number of phenols is 2. The van der Waals surface area contributed by atoms with E-state index in [1.54, 1.807) is 18.2 Å². The van der Waals surface area contributed by atoms with Crippen LogP contribution in [0.4, 0.5) is 0 Å². The van der Waals surface area contributed by atoms with Gasteiger partial charge in [-0.15, -0.1) is 0 Å². The van der Waals surface area contributed by atoms with Crippen LogP contribution < -0.4 is 13.9 Å². The largest absolute Gasteiger partial charge is 0.504 e. The zero-order valence-electron chi connectivity index (χ0n) is 13.3. The lowest BCUT2D eigenvalue weighted by molar-refractivity contribution is -0.509. The molecule has 0 atom stereocenters. The maximum absolute atomic E-state index is 10.3. The lowest BCUT2D eigenvalue weighted by Gasteiger charge is -2.08. The summed E-state index contributed by atoms with van der Waals surface area (Å²) in [6.07, 6.45) is 3.76. The molecule has 4 rings (SSSR count). The Morgan fingerprint density at radius 1 is 0.833 bits per heavy atom. The molecule has 0 aliphatic carbocycles. The molecule has 2 aromatic carbocycles. The fourth-order valence-corrected chi connectivity index (χ4v) is 3.07. The molecule has 0 aliphatic heterocycles. The number of rotatable bonds is 2. The third-order valence-corrected chi connectivity index (χ3v) is 4.31. The molecular formula is C19H16NO4+. The standard InChI is InChI=1S/C19H15NO4/c1-23-17-4-3-11-7-15-13-9-16(21)18(24-2)8-12(13)5-6-20(15)10-14(11)19(17)22/h3-10,21H,1-2H3/p+1. The summed E-state index contributed by atoms with van der Waals surface area (Å²) in [4.78, 5) is 0. The zero-order valence-corrected chi connectivity index (χ0v) is 13.3. The number of hydrogen-bond donors (Lipinski definition) is 2. The minimum absolute atomic E-state index is 0.0933. The van der Waals surface area contributed by atoms with E-state index >= 15 is 0 Å². The van der Waals surface area contributed by atoms with Crippen LogP contribution in [-0.2, 0) is 0 Å². The maximum Gasteiger partial charge on any atom is 0.219 e. The molecule has 2 heterocycles. The summed E-state index contributed by atoms with van der Waals surface area (Å²) in [6, 6.07) is 11.0. The van der Waals surface area contributed by atoms with Gasteiger partial charge in [0.15, 0.2) is 35.4 Å². The van der Waals surface area contributed by atoms with Gasteiger partial charge in [0.2, 0.25) is 5.52 Å². The van der Waals surface area contributed by atoms with Gasteiger partial charge in [-0.1, -0.05) is 0 Å². The SMILES string of the molecule is COc1cc2cc[n+]3cc4c(O)c(OC)ccc4cc3c2cc1O. The average molecular weight is 322 g/mol. The normalized spacial score (nSPS) is 11.2. The number of aromatic nitrogens is 1. The van der Waals surface area contributed by atoms with Crippen LogP contribution in [-0.4, -0.2) is 24.4 Å². The van der Waals surface area contributed by atoms with Crippen LogP contribution in [0.2, 0.25) is 0 Å². The Labute approximate surface area is 137 Å². The predicted octanol–water partition coefficient (Wildman–Crippen LogP) is 3.16. The molecule has 24 heavy (non-hydrogen) atoms. The van der Waals surface area contributed by atoms with Crippen LogP contribution in [0.3, 0.4) is 0 Å². The number of ether oxygens (including phenoxy) is 2. The van der Waals surface area contributed by atoms with E-state index in [1.165, 1.54) is 14.2 Å². The molecule has 4 aromatic rings. The molecule has 0 amide bonds. The second kappa shape index (κ2) is 5.16. The molecule has 0 bridgehead atoms. The molecule has 0 saturated heterocycles. The summed E-state index contributed by atoms with van der Waals surface area (Å²) in [5.74, 6) is 1.08. The fourth-order valence-electron chi connectivity index (χ4n) is 3.07. The van der Waals surface area contributed by atoms with Crippen molar-refractivity contribution < 1.29 is 24.1 Å². The Morgan fingerprint density at radius 2 is 1.58 bits per heavy atom. The van der Waals surface area contributed by atoms with Crippen molar-refractivity contribution in [3.05, 3.63) is 48.8 Å². The van der Waals surface area contributed by atoms with Crippen LogP contribution in [0.5, 0.6) is 23.0 Å². The van der Waals surface area contributed by atoms with Gasteiger partial charge in [-0.25, -0.2) is 0 Å². The number of benzene rings is 2. The molecule has 0 fully saturated rings. The highest BCUT2D eigenvalue weighted by Gasteiger charge is 2.16. The molecule has 120 valence electrons. The van der Waals surface area contributed by atoms with Gasteiger partial charge in [0.05, 0.1) is 25.0 Å². The molecule has 0 spiro atoms. The van der Waals surface area contributed by atoms with Crippen molar-refractivity contribution in [1.82, 2.24) is 0 Å². The van der Waals surface area contributed by atoms with Gasteiger partial charge in [-0.2, -0.15) is 4.40 Å². The van der Waals surface area contributed by atoms with E-state index in [-0.39, 0.29) is 11.5 Å². The Hall–Kier alpha value is -3.21. The van der Waals surface area contributed by atoms with Crippen molar-refractivity contribution in [2.75, 3.05) is 14.2 Å². The molecule has 2 N–H and O–H groups in total. The van der Waals surface area contributed by atoms with Crippen molar-refractivity contribution in [3.8, 4) is 23.0 Å². The molecule has 2 aromatic heterocycles. The highest BCUT2D eigenvalue weighted by Crippen LogP contribution is 2.36. The van der Waals surface area contributed by atoms with Crippen molar-refractivity contribution in [1.29, 1.82) is 0 Å². The summed E-state index contributed by atoms with van der Waals surface area (Å²) in [5, 5.41) is 23.9. The topological polar surface area (TPSA) is 63.0 Å². The Morgan fingerprint density at radius 3 is 2.33 bits per heavy atom. The first-order chi connectivity index (χ1) is 11.6. The van der Waals surface area contributed by atoms with Gasteiger partial charge in [-0.05, 0) is 35.0 Å². The fraction of sp³-hybridized carbons (Fsp3) is 0.105. The summed E-state index contributed by atoms with van der Waals surface area (Å²) in [6.45, 7) is 0. The number of fused-ring (bicyclic) bond motifs is 4. The van der Waals surface area contributed by atoms with Gasteiger partial charge in [-0.3, -0.25) is 0 Å². The van der Waals surface area contributed by atoms with Gasteiger partial charge in [0.1, 0.15) is 0 Å². The maximum atomic E-state index is 10.3. The number of nitrogens with zero attached hydrogens (tertiary/aromatic N) is 1. The van der Waals surface area contributed by atoms with Crippen LogP contribution in [0.1, 0.15) is 0 Å². The number of aromatic hydroxyl groups is 2. The number of phenolic OH excluding ortho intramolecular Hbond substituents is 2. The lowest BCUT2D eigenvalue weighted by Crippen LogP contribution is -2.20. The van der Waals surface area contributed by atoms with Crippen molar-refractivity contribution >= 4 is 27.1 Å². The smallest absolute Gasteiger partial charge is 0.219 e.